The van der Waals surface area contributed by atoms with Crippen molar-refractivity contribution in [3.8, 4) is 0 Å². The van der Waals surface area contributed by atoms with E-state index in [2.05, 4.69) is 44.8 Å². The summed E-state index contributed by atoms with van der Waals surface area (Å²) in [5.74, 6) is 0.743. The van der Waals surface area contributed by atoms with Gasteiger partial charge in [0.05, 0.1) is 0 Å². The second-order valence-electron chi connectivity index (χ2n) is 5.32. The van der Waals surface area contributed by atoms with E-state index < -0.39 is 0 Å². The topological polar surface area (TPSA) is 15.3 Å². The number of nitrogens with zero attached hydrogens (tertiary/aromatic N) is 1. The Morgan fingerprint density at radius 3 is 2.20 bits per heavy atom. The van der Waals surface area contributed by atoms with E-state index in [-0.39, 0.29) is 0 Å². The summed E-state index contributed by atoms with van der Waals surface area (Å²) in [6, 6.07) is 2.18. The van der Waals surface area contributed by atoms with Crippen molar-refractivity contribution in [2.75, 3.05) is 13.1 Å². The number of hydrogen-bond donors (Lipinski definition) is 1. The van der Waals surface area contributed by atoms with E-state index in [1.165, 1.54) is 19.4 Å². The lowest BCUT2D eigenvalue weighted by atomic mass is 10.0. The minimum absolute atomic E-state index is 0.661. The van der Waals surface area contributed by atoms with Crippen LogP contribution in [0.5, 0.6) is 0 Å². The van der Waals surface area contributed by atoms with Gasteiger partial charge < -0.3 is 5.32 Å². The van der Waals surface area contributed by atoms with Crippen molar-refractivity contribution in [2.45, 2.75) is 65.6 Å². The molecule has 90 valence electrons. The lowest BCUT2D eigenvalue weighted by Crippen LogP contribution is -2.44. The molecule has 0 radical (unpaired) electrons. The van der Waals surface area contributed by atoms with Gasteiger partial charge in [-0.3, -0.25) is 4.90 Å². The summed E-state index contributed by atoms with van der Waals surface area (Å²) in [4.78, 5) is 2.58. The number of rotatable bonds is 7. The predicted molar refractivity (Wildman–Crippen MR) is 67.2 cm³/mol. The molecule has 15 heavy (non-hydrogen) atoms. The zero-order valence-electron chi connectivity index (χ0n) is 11.1. The molecular formula is C13H28N2. The van der Waals surface area contributed by atoms with Crippen molar-refractivity contribution < 1.29 is 0 Å². The highest BCUT2D eigenvalue weighted by molar-refractivity contribution is 4.83. The zero-order valence-corrected chi connectivity index (χ0v) is 11.1. The van der Waals surface area contributed by atoms with Gasteiger partial charge in [0, 0.05) is 18.1 Å². The van der Waals surface area contributed by atoms with Gasteiger partial charge in [-0.2, -0.15) is 0 Å². The molecule has 1 saturated carbocycles. The monoisotopic (exact) mass is 212 g/mol. The lowest BCUT2D eigenvalue weighted by molar-refractivity contribution is 0.130. The first kappa shape index (κ1) is 13.0. The van der Waals surface area contributed by atoms with Gasteiger partial charge in [-0.25, -0.2) is 0 Å². The Hall–Kier alpha value is -0.0800. The summed E-state index contributed by atoms with van der Waals surface area (Å²) in [5, 5.41) is 3.63. The second kappa shape index (κ2) is 5.86. The first-order valence-electron chi connectivity index (χ1n) is 6.55. The van der Waals surface area contributed by atoms with E-state index in [9.17, 15) is 0 Å². The maximum atomic E-state index is 3.63. The van der Waals surface area contributed by atoms with Crippen molar-refractivity contribution >= 4 is 0 Å². The molecule has 0 aromatic heterocycles. The van der Waals surface area contributed by atoms with Gasteiger partial charge in [0.15, 0.2) is 0 Å². The largest absolute Gasteiger partial charge is 0.314 e. The van der Waals surface area contributed by atoms with E-state index in [0.717, 1.165) is 18.5 Å². The van der Waals surface area contributed by atoms with Crippen LogP contribution in [0.2, 0.25) is 0 Å². The summed E-state index contributed by atoms with van der Waals surface area (Å²) in [6.07, 6.45) is 2.78. The quantitative estimate of drug-likeness (QED) is 0.697. The van der Waals surface area contributed by atoms with Gasteiger partial charge in [0.25, 0.3) is 0 Å². The summed E-state index contributed by atoms with van der Waals surface area (Å²) < 4.78 is 0. The standard InChI is InChI=1S/C13H28N2/c1-6-15(10(2)3)12(5)11(4)9-14-13-7-8-13/h10-14H,6-9H2,1-5H3. The van der Waals surface area contributed by atoms with Crippen LogP contribution in [-0.4, -0.2) is 36.1 Å². The van der Waals surface area contributed by atoms with E-state index in [0.29, 0.717) is 12.1 Å². The van der Waals surface area contributed by atoms with Crippen molar-refractivity contribution in [2.24, 2.45) is 5.92 Å². The van der Waals surface area contributed by atoms with Crippen LogP contribution < -0.4 is 5.32 Å². The molecule has 1 N–H and O–H groups in total. The Bertz CT molecular complexity index is 175. The van der Waals surface area contributed by atoms with Crippen LogP contribution in [-0.2, 0) is 0 Å². The van der Waals surface area contributed by atoms with E-state index >= 15 is 0 Å². The Morgan fingerprint density at radius 2 is 1.80 bits per heavy atom. The van der Waals surface area contributed by atoms with Gasteiger partial charge >= 0.3 is 0 Å². The minimum Gasteiger partial charge on any atom is -0.314 e. The molecular weight excluding hydrogens is 184 g/mol. The molecule has 2 heteroatoms. The fourth-order valence-electron chi connectivity index (χ4n) is 2.26. The molecule has 0 aliphatic heterocycles. The fraction of sp³-hybridized carbons (Fsp3) is 1.00. The molecule has 2 atom stereocenters. The van der Waals surface area contributed by atoms with E-state index in [1.54, 1.807) is 0 Å². The van der Waals surface area contributed by atoms with Crippen LogP contribution in [0.3, 0.4) is 0 Å². The van der Waals surface area contributed by atoms with Crippen LogP contribution in [0.25, 0.3) is 0 Å². The molecule has 0 bridgehead atoms. The molecule has 0 saturated heterocycles. The smallest absolute Gasteiger partial charge is 0.0107 e. The first-order valence-corrected chi connectivity index (χ1v) is 6.55. The molecule has 1 fully saturated rings. The molecule has 1 rings (SSSR count). The van der Waals surface area contributed by atoms with Crippen molar-refractivity contribution in [3.05, 3.63) is 0 Å². The Balaban J connectivity index is 2.30. The maximum absolute atomic E-state index is 3.63. The average Bonchev–Trinajstić information content (AvgIpc) is 2.97. The van der Waals surface area contributed by atoms with Crippen LogP contribution in [0.4, 0.5) is 0 Å². The van der Waals surface area contributed by atoms with Crippen molar-refractivity contribution in [1.29, 1.82) is 0 Å². The van der Waals surface area contributed by atoms with Gasteiger partial charge in [-0.05, 0) is 52.6 Å². The van der Waals surface area contributed by atoms with Crippen LogP contribution in [0, 0.1) is 5.92 Å². The summed E-state index contributed by atoms with van der Waals surface area (Å²) >= 11 is 0. The van der Waals surface area contributed by atoms with Crippen LogP contribution in [0.1, 0.15) is 47.5 Å². The van der Waals surface area contributed by atoms with E-state index in [1.807, 2.05) is 0 Å². The lowest BCUT2D eigenvalue weighted by Gasteiger charge is -2.35. The SMILES string of the molecule is CCN(C(C)C)C(C)C(C)CNC1CC1. The Morgan fingerprint density at radius 1 is 1.20 bits per heavy atom. The van der Waals surface area contributed by atoms with Crippen LogP contribution >= 0.6 is 0 Å². The van der Waals surface area contributed by atoms with Crippen molar-refractivity contribution in [1.82, 2.24) is 10.2 Å². The van der Waals surface area contributed by atoms with Gasteiger partial charge in [-0.1, -0.05) is 13.8 Å². The highest BCUT2D eigenvalue weighted by atomic mass is 15.2. The molecule has 1 aliphatic rings. The summed E-state index contributed by atoms with van der Waals surface area (Å²) in [7, 11) is 0. The predicted octanol–water partition coefficient (Wildman–Crippen LogP) is 2.49. The minimum atomic E-state index is 0.661. The summed E-state index contributed by atoms with van der Waals surface area (Å²) in [5.41, 5.74) is 0. The third kappa shape index (κ3) is 4.12. The number of nitrogens with one attached hydrogen (secondary N) is 1. The third-order valence-corrected chi connectivity index (χ3v) is 3.68. The fourth-order valence-corrected chi connectivity index (χ4v) is 2.26. The number of hydrogen-bond acceptors (Lipinski definition) is 2. The molecule has 0 aromatic rings. The van der Waals surface area contributed by atoms with Gasteiger partial charge in [0.1, 0.15) is 0 Å². The molecule has 0 spiro atoms. The first-order chi connectivity index (χ1) is 7.06. The van der Waals surface area contributed by atoms with Gasteiger partial charge in [0.2, 0.25) is 0 Å². The third-order valence-electron chi connectivity index (χ3n) is 3.68. The normalized spacial score (nSPS) is 21.0. The molecule has 0 heterocycles. The Labute approximate surface area is 95.4 Å². The Kier molecular flexibility index (Phi) is 5.07. The zero-order chi connectivity index (χ0) is 11.4. The highest BCUT2D eigenvalue weighted by Gasteiger charge is 2.24. The average molecular weight is 212 g/mol. The van der Waals surface area contributed by atoms with Crippen molar-refractivity contribution in [3.63, 3.8) is 0 Å². The molecule has 0 aromatic carbocycles. The molecule has 1 aliphatic carbocycles. The molecule has 2 nitrogen and oxygen atoms in total. The molecule has 2 unspecified atom stereocenters. The maximum Gasteiger partial charge on any atom is 0.0107 e. The van der Waals surface area contributed by atoms with Gasteiger partial charge in [-0.15, -0.1) is 0 Å². The van der Waals surface area contributed by atoms with E-state index in [4.69, 9.17) is 0 Å². The highest BCUT2D eigenvalue weighted by Crippen LogP contribution is 2.20. The molecule has 0 amide bonds. The summed E-state index contributed by atoms with van der Waals surface area (Å²) in [6.45, 7) is 13.9. The second-order valence-corrected chi connectivity index (χ2v) is 5.32. The van der Waals surface area contributed by atoms with Crippen LogP contribution in [0.15, 0.2) is 0 Å².